The van der Waals surface area contributed by atoms with Gasteiger partial charge in [0.2, 0.25) is 0 Å². The monoisotopic (exact) mass is 433 g/mol. The normalized spacial score (nSPS) is 14.8. The van der Waals surface area contributed by atoms with Crippen LogP contribution >= 0.6 is 23.1 Å². The molecule has 1 aliphatic carbocycles. The Hall–Kier alpha value is -1.98. The van der Waals surface area contributed by atoms with E-state index in [2.05, 4.69) is 11.3 Å². The van der Waals surface area contributed by atoms with E-state index in [1.54, 1.807) is 6.07 Å². The molecule has 0 unspecified atom stereocenters. The van der Waals surface area contributed by atoms with Crippen molar-refractivity contribution in [3.63, 3.8) is 0 Å². The molecule has 0 aliphatic heterocycles. The summed E-state index contributed by atoms with van der Waals surface area (Å²) in [6.07, 6.45) is 1.96. The van der Waals surface area contributed by atoms with E-state index in [9.17, 15) is 8.78 Å². The Labute approximate surface area is 178 Å². The third-order valence-corrected chi connectivity index (χ3v) is 6.72. The van der Waals surface area contributed by atoms with Crippen molar-refractivity contribution in [3.05, 3.63) is 69.4 Å². The van der Waals surface area contributed by atoms with Crippen LogP contribution < -0.4 is 4.74 Å². The topological polar surface area (TPSA) is 22.1 Å². The average molecular weight is 434 g/mol. The number of fused-ring (bicyclic) bond motifs is 1. The molecule has 2 aromatic carbocycles. The number of nitrogens with zero attached hydrogens (tertiary/aromatic N) is 1. The molecule has 152 valence electrons. The molecule has 2 nitrogen and oxygen atoms in total. The Morgan fingerprint density at radius 2 is 1.93 bits per heavy atom. The van der Waals surface area contributed by atoms with E-state index < -0.39 is 5.92 Å². The van der Waals surface area contributed by atoms with Gasteiger partial charge in [0.15, 0.2) is 0 Å². The van der Waals surface area contributed by atoms with Gasteiger partial charge in [-0.15, -0.1) is 0 Å². The molecule has 0 saturated heterocycles. The molecule has 0 radical (unpaired) electrons. The van der Waals surface area contributed by atoms with Gasteiger partial charge >= 0.3 is 0 Å². The summed E-state index contributed by atoms with van der Waals surface area (Å²) < 4.78 is 39.4. The lowest BCUT2D eigenvalue weighted by molar-refractivity contribution is -0.00445. The summed E-state index contributed by atoms with van der Waals surface area (Å²) in [5.41, 5.74) is 4.69. The zero-order valence-corrected chi connectivity index (χ0v) is 18.0. The second kappa shape index (κ2) is 8.04. The number of benzene rings is 2. The molecule has 0 spiro atoms. The Kier molecular flexibility index (Phi) is 5.63. The van der Waals surface area contributed by atoms with Crippen molar-refractivity contribution >= 4 is 23.1 Å². The maximum Gasteiger partial charge on any atom is 0.277 e. The number of alkyl halides is 2. The van der Waals surface area contributed by atoms with Gasteiger partial charge < -0.3 is 4.74 Å². The molecule has 0 atom stereocenters. The molecule has 0 bridgehead atoms. The molecule has 0 N–H and O–H groups in total. The van der Waals surface area contributed by atoms with E-state index in [-0.39, 0.29) is 24.3 Å². The van der Waals surface area contributed by atoms with Gasteiger partial charge in [-0.2, -0.15) is 4.37 Å². The number of ether oxygens (including phenoxy) is 1. The Balaban J connectivity index is 1.65. The van der Waals surface area contributed by atoms with Crippen LogP contribution in [0.4, 0.5) is 8.78 Å². The Morgan fingerprint density at radius 1 is 1.17 bits per heavy atom. The quantitative estimate of drug-likeness (QED) is 0.405. The second-order valence-corrected chi connectivity index (χ2v) is 8.60. The minimum absolute atomic E-state index is 0.0552. The van der Waals surface area contributed by atoms with Gasteiger partial charge in [-0.1, -0.05) is 60.8 Å². The highest BCUT2D eigenvalue weighted by Crippen LogP contribution is 2.48. The van der Waals surface area contributed by atoms with Crippen molar-refractivity contribution < 1.29 is 13.5 Å². The molecule has 0 saturated carbocycles. The van der Waals surface area contributed by atoms with Crippen LogP contribution in [0.25, 0.3) is 10.4 Å². The first-order valence-electron chi connectivity index (χ1n) is 9.77. The van der Waals surface area contributed by atoms with Crippen LogP contribution in [0, 0.1) is 6.92 Å². The lowest BCUT2D eigenvalue weighted by Crippen LogP contribution is -2.11. The van der Waals surface area contributed by atoms with Crippen LogP contribution in [0.2, 0.25) is 5.15 Å². The van der Waals surface area contributed by atoms with Crippen molar-refractivity contribution in [1.29, 1.82) is 0 Å². The number of aromatic nitrogens is 1. The van der Waals surface area contributed by atoms with E-state index in [1.807, 2.05) is 37.3 Å². The first-order valence-corrected chi connectivity index (χ1v) is 10.9. The Morgan fingerprint density at radius 3 is 2.66 bits per heavy atom. The van der Waals surface area contributed by atoms with Gasteiger partial charge in [0, 0.05) is 12.0 Å². The smallest absolute Gasteiger partial charge is 0.277 e. The van der Waals surface area contributed by atoms with Crippen LogP contribution in [0.1, 0.15) is 47.6 Å². The van der Waals surface area contributed by atoms with E-state index >= 15 is 0 Å². The molecular formula is C23H22ClF2NOS. The third-order valence-electron chi connectivity index (χ3n) is 5.37. The summed E-state index contributed by atoms with van der Waals surface area (Å²) in [6, 6.07) is 11.7. The molecule has 6 heteroatoms. The summed E-state index contributed by atoms with van der Waals surface area (Å²) in [5.74, 6) is -2.61. The van der Waals surface area contributed by atoms with Gasteiger partial charge in [-0.05, 0) is 54.1 Å². The lowest BCUT2D eigenvalue weighted by Gasteiger charge is -2.18. The fraction of sp³-hybridized carbons (Fsp3) is 0.348. The van der Waals surface area contributed by atoms with E-state index in [1.165, 1.54) is 11.5 Å². The van der Waals surface area contributed by atoms with Crippen LogP contribution in [0.3, 0.4) is 0 Å². The van der Waals surface area contributed by atoms with Crippen LogP contribution in [-0.4, -0.2) is 4.37 Å². The van der Waals surface area contributed by atoms with Crippen molar-refractivity contribution in [2.75, 3.05) is 0 Å². The zero-order valence-electron chi connectivity index (χ0n) is 16.4. The first kappa shape index (κ1) is 20.3. The highest BCUT2D eigenvalue weighted by atomic mass is 35.5. The lowest BCUT2D eigenvalue weighted by atomic mass is 9.98. The number of aryl methyl sites for hydroxylation is 2. The summed E-state index contributed by atoms with van der Waals surface area (Å²) in [5, 5.41) is 0.358. The summed E-state index contributed by atoms with van der Waals surface area (Å²) in [7, 11) is 0. The fourth-order valence-corrected chi connectivity index (χ4v) is 4.98. The molecule has 0 amide bonds. The van der Waals surface area contributed by atoms with Gasteiger partial charge in [-0.3, -0.25) is 0 Å². The molecule has 1 aromatic heterocycles. The van der Waals surface area contributed by atoms with E-state index in [0.29, 0.717) is 11.6 Å². The molecule has 1 heterocycles. The van der Waals surface area contributed by atoms with Crippen molar-refractivity contribution in [2.45, 2.75) is 52.1 Å². The molecule has 4 rings (SSSR count). The number of halogens is 3. The largest absolute Gasteiger partial charge is 0.488 e. The predicted octanol–water partition coefficient (Wildman–Crippen LogP) is 7.34. The first-order chi connectivity index (χ1) is 13.9. The maximum atomic E-state index is 14.6. The molecule has 1 aliphatic rings. The molecule has 29 heavy (non-hydrogen) atoms. The predicted molar refractivity (Wildman–Crippen MR) is 114 cm³/mol. The van der Waals surface area contributed by atoms with Crippen molar-refractivity contribution in [2.24, 2.45) is 0 Å². The minimum Gasteiger partial charge on any atom is -0.488 e. The highest BCUT2D eigenvalue weighted by molar-refractivity contribution is 7.10. The van der Waals surface area contributed by atoms with E-state index in [0.717, 1.165) is 45.5 Å². The van der Waals surface area contributed by atoms with Crippen molar-refractivity contribution in [3.8, 4) is 16.2 Å². The summed E-state index contributed by atoms with van der Waals surface area (Å²) >= 11 is 7.60. The van der Waals surface area contributed by atoms with Gasteiger partial charge in [0.1, 0.15) is 17.5 Å². The average Bonchev–Trinajstić information content (AvgIpc) is 3.22. The fourth-order valence-electron chi connectivity index (χ4n) is 3.88. The molecule has 0 fully saturated rings. The highest BCUT2D eigenvalue weighted by Gasteiger charge is 2.43. The van der Waals surface area contributed by atoms with Crippen LogP contribution in [0.15, 0.2) is 36.4 Å². The second-order valence-electron chi connectivity index (χ2n) is 7.47. The standard InChI is InChI=1S/C23H22ClF2NOS/c1-3-4-15-9-10-19(20-17(15)11-12-23(20,25)26)28-13-18-21(29-27-22(18)24)16-7-5-14(2)6-8-16/h5-10H,3-4,11-13H2,1-2H3. The van der Waals surface area contributed by atoms with Crippen molar-refractivity contribution in [1.82, 2.24) is 4.37 Å². The zero-order chi connectivity index (χ0) is 20.6. The van der Waals surface area contributed by atoms with E-state index in [4.69, 9.17) is 16.3 Å². The minimum atomic E-state index is -2.86. The number of hydrogen-bond donors (Lipinski definition) is 0. The number of hydrogen-bond acceptors (Lipinski definition) is 3. The summed E-state index contributed by atoms with van der Waals surface area (Å²) in [6.45, 7) is 4.19. The SMILES string of the molecule is CCCc1ccc(OCc2c(Cl)nsc2-c2ccc(C)cc2)c2c1CCC2(F)F. The van der Waals surface area contributed by atoms with Gasteiger partial charge in [-0.25, -0.2) is 8.78 Å². The van der Waals surface area contributed by atoms with Gasteiger partial charge in [0.25, 0.3) is 5.92 Å². The molecule has 3 aromatic rings. The third kappa shape index (κ3) is 3.90. The Bertz CT molecular complexity index is 1030. The van der Waals surface area contributed by atoms with Crippen LogP contribution in [-0.2, 0) is 25.4 Å². The number of rotatable bonds is 6. The molecular weight excluding hydrogens is 412 g/mol. The van der Waals surface area contributed by atoms with Crippen LogP contribution in [0.5, 0.6) is 5.75 Å². The van der Waals surface area contributed by atoms with Gasteiger partial charge in [0.05, 0.1) is 10.4 Å². The maximum absolute atomic E-state index is 14.6. The summed E-state index contributed by atoms with van der Waals surface area (Å²) in [4.78, 5) is 0.904.